The maximum absolute atomic E-state index is 5.96. The van der Waals surface area contributed by atoms with Crippen molar-refractivity contribution in [2.45, 2.75) is 46.1 Å². The van der Waals surface area contributed by atoms with Gasteiger partial charge in [0.1, 0.15) is 0 Å². The molecule has 2 N–H and O–H groups in total. The Kier molecular flexibility index (Phi) is 4.24. The summed E-state index contributed by atoms with van der Waals surface area (Å²) in [6, 6.07) is 8.21. The first-order valence-corrected chi connectivity index (χ1v) is 6.97. The zero-order valence-corrected chi connectivity index (χ0v) is 11.4. The molecule has 2 aromatic rings. The van der Waals surface area contributed by atoms with Gasteiger partial charge in [-0.25, -0.2) is 0 Å². The lowest BCUT2D eigenvalue weighted by atomic mass is 9.99. The van der Waals surface area contributed by atoms with Gasteiger partial charge in [-0.2, -0.15) is 5.10 Å². The van der Waals surface area contributed by atoms with Crippen molar-refractivity contribution in [3.05, 3.63) is 24.3 Å². The average molecular weight is 245 g/mol. The molecule has 0 aliphatic rings. The molecule has 2 rings (SSSR count). The number of nitrogen functional groups attached to an aromatic ring is 1. The van der Waals surface area contributed by atoms with Gasteiger partial charge in [0.05, 0.1) is 5.52 Å². The number of anilines is 1. The molecule has 0 spiro atoms. The van der Waals surface area contributed by atoms with Gasteiger partial charge in [-0.05, 0) is 24.5 Å². The Bertz CT molecular complexity index is 501. The summed E-state index contributed by atoms with van der Waals surface area (Å²) in [5, 5.41) is 5.55. The molecule has 1 aromatic heterocycles. The van der Waals surface area contributed by atoms with Crippen molar-refractivity contribution >= 4 is 16.7 Å². The largest absolute Gasteiger partial charge is 0.382 e. The Hall–Kier alpha value is -1.51. The first-order chi connectivity index (χ1) is 8.76. The highest BCUT2D eigenvalue weighted by Gasteiger charge is 2.12. The highest BCUT2D eigenvalue weighted by Crippen LogP contribution is 2.23. The molecule has 18 heavy (non-hydrogen) atoms. The summed E-state index contributed by atoms with van der Waals surface area (Å²) >= 11 is 0. The molecule has 0 saturated heterocycles. The third kappa shape index (κ3) is 2.66. The van der Waals surface area contributed by atoms with Crippen LogP contribution in [0.2, 0.25) is 0 Å². The smallest absolute Gasteiger partial charge is 0.153 e. The van der Waals surface area contributed by atoms with Gasteiger partial charge in [0.25, 0.3) is 0 Å². The predicted molar refractivity (Wildman–Crippen MR) is 77.5 cm³/mol. The van der Waals surface area contributed by atoms with Crippen LogP contribution in [0.3, 0.4) is 0 Å². The molecular formula is C15H23N3. The summed E-state index contributed by atoms with van der Waals surface area (Å²) in [4.78, 5) is 0. The lowest BCUT2D eigenvalue weighted by Crippen LogP contribution is -2.11. The van der Waals surface area contributed by atoms with Crippen LogP contribution in [-0.2, 0) is 6.54 Å². The van der Waals surface area contributed by atoms with Crippen molar-refractivity contribution in [1.82, 2.24) is 9.78 Å². The molecule has 0 aliphatic carbocycles. The first-order valence-electron chi connectivity index (χ1n) is 6.97. The molecule has 1 aromatic carbocycles. The van der Waals surface area contributed by atoms with Crippen molar-refractivity contribution in [2.75, 3.05) is 5.73 Å². The van der Waals surface area contributed by atoms with Crippen LogP contribution >= 0.6 is 0 Å². The Morgan fingerprint density at radius 1 is 1.28 bits per heavy atom. The molecule has 0 bridgehead atoms. The monoisotopic (exact) mass is 245 g/mol. The second kappa shape index (κ2) is 5.89. The van der Waals surface area contributed by atoms with Gasteiger partial charge in [0.2, 0.25) is 0 Å². The van der Waals surface area contributed by atoms with Crippen molar-refractivity contribution in [1.29, 1.82) is 0 Å². The third-order valence-electron chi connectivity index (χ3n) is 3.66. The van der Waals surface area contributed by atoms with E-state index in [4.69, 9.17) is 5.73 Å². The molecule has 0 fully saturated rings. The number of para-hydroxylation sites is 1. The van der Waals surface area contributed by atoms with Gasteiger partial charge >= 0.3 is 0 Å². The highest BCUT2D eigenvalue weighted by atomic mass is 15.3. The van der Waals surface area contributed by atoms with E-state index in [0.717, 1.165) is 17.4 Å². The second-order valence-corrected chi connectivity index (χ2v) is 5.00. The summed E-state index contributed by atoms with van der Waals surface area (Å²) in [5.74, 6) is 1.35. The molecule has 3 heteroatoms. The van der Waals surface area contributed by atoms with Crippen LogP contribution in [0.4, 0.5) is 5.82 Å². The molecule has 1 heterocycles. The van der Waals surface area contributed by atoms with E-state index in [1.165, 1.54) is 25.7 Å². The Balaban J connectivity index is 2.20. The van der Waals surface area contributed by atoms with Gasteiger partial charge in [-0.3, -0.25) is 4.68 Å². The van der Waals surface area contributed by atoms with Crippen molar-refractivity contribution < 1.29 is 0 Å². The fourth-order valence-electron chi connectivity index (χ4n) is 2.45. The number of nitrogens with two attached hydrogens (primary N) is 1. The average Bonchev–Trinajstić information content (AvgIpc) is 2.72. The van der Waals surface area contributed by atoms with Gasteiger partial charge in [0, 0.05) is 11.9 Å². The second-order valence-electron chi connectivity index (χ2n) is 5.00. The minimum absolute atomic E-state index is 0.649. The van der Waals surface area contributed by atoms with E-state index in [-0.39, 0.29) is 0 Å². The molecule has 98 valence electrons. The number of benzene rings is 1. The Morgan fingerprint density at radius 2 is 2.06 bits per heavy atom. The topological polar surface area (TPSA) is 43.8 Å². The number of unbranched alkanes of at least 4 members (excludes halogenated alkanes) is 1. The minimum Gasteiger partial charge on any atom is -0.382 e. The van der Waals surface area contributed by atoms with Crippen LogP contribution in [0.5, 0.6) is 0 Å². The van der Waals surface area contributed by atoms with E-state index in [1.54, 1.807) is 0 Å². The van der Waals surface area contributed by atoms with Gasteiger partial charge < -0.3 is 5.73 Å². The SMILES string of the molecule is CCCCC(CC)Cn1nc(N)c2ccccc21. The lowest BCUT2D eigenvalue weighted by molar-refractivity contribution is 0.379. The first kappa shape index (κ1) is 12.9. The van der Waals surface area contributed by atoms with Crippen LogP contribution in [0, 0.1) is 5.92 Å². The van der Waals surface area contributed by atoms with Crippen LogP contribution < -0.4 is 5.73 Å². The zero-order chi connectivity index (χ0) is 13.0. The van der Waals surface area contributed by atoms with E-state index >= 15 is 0 Å². The summed E-state index contributed by atoms with van der Waals surface area (Å²) in [6.45, 7) is 5.48. The molecule has 0 radical (unpaired) electrons. The number of fused-ring (bicyclic) bond motifs is 1. The van der Waals surface area contributed by atoms with E-state index < -0.39 is 0 Å². The molecule has 0 saturated carbocycles. The van der Waals surface area contributed by atoms with Gasteiger partial charge in [-0.15, -0.1) is 0 Å². The Morgan fingerprint density at radius 3 is 2.78 bits per heavy atom. The van der Waals surface area contributed by atoms with Crippen LogP contribution in [0.15, 0.2) is 24.3 Å². The third-order valence-corrected chi connectivity index (χ3v) is 3.66. The molecular weight excluding hydrogens is 222 g/mol. The summed E-state index contributed by atoms with van der Waals surface area (Å²) in [7, 11) is 0. The number of aromatic nitrogens is 2. The van der Waals surface area contributed by atoms with E-state index in [1.807, 2.05) is 18.2 Å². The van der Waals surface area contributed by atoms with Crippen LogP contribution in [0.25, 0.3) is 10.9 Å². The number of nitrogens with zero attached hydrogens (tertiary/aromatic N) is 2. The predicted octanol–water partition coefficient (Wildman–Crippen LogP) is 3.83. The summed E-state index contributed by atoms with van der Waals surface area (Å²) in [6.07, 6.45) is 5.04. The quantitative estimate of drug-likeness (QED) is 0.840. The number of hydrogen-bond acceptors (Lipinski definition) is 2. The Labute approximate surface area is 109 Å². The van der Waals surface area contributed by atoms with Gasteiger partial charge in [0.15, 0.2) is 5.82 Å². The number of hydrogen-bond donors (Lipinski definition) is 1. The lowest BCUT2D eigenvalue weighted by Gasteiger charge is -2.14. The highest BCUT2D eigenvalue weighted by molar-refractivity contribution is 5.88. The summed E-state index contributed by atoms with van der Waals surface area (Å²) in [5.41, 5.74) is 7.12. The zero-order valence-electron chi connectivity index (χ0n) is 11.4. The minimum atomic E-state index is 0.649. The van der Waals surface area contributed by atoms with E-state index in [2.05, 4.69) is 29.7 Å². The van der Waals surface area contributed by atoms with Crippen molar-refractivity contribution in [2.24, 2.45) is 5.92 Å². The molecule has 0 aliphatic heterocycles. The van der Waals surface area contributed by atoms with E-state index in [0.29, 0.717) is 11.7 Å². The maximum atomic E-state index is 5.96. The van der Waals surface area contributed by atoms with Crippen molar-refractivity contribution in [3.8, 4) is 0 Å². The van der Waals surface area contributed by atoms with Crippen LogP contribution in [0.1, 0.15) is 39.5 Å². The molecule has 0 amide bonds. The molecule has 1 unspecified atom stereocenters. The number of rotatable bonds is 6. The molecule has 1 atom stereocenters. The fraction of sp³-hybridized carbons (Fsp3) is 0.533. The standard InChI is InChI=1S/C15H23N3/c1-3-5-8-12(4-2)11-18-14-10-7-6-9-13(14)15(16)17-18/h6-7,9-10,12H,3-5,8,11H2,1-2H3,(H2,16,17). The molecule has 3 nitrogen and oxygen atoms in total. The van der Waals surface area contributed by atoms with E-state index in [9.17, 15) is 0 Å². The summed E-state index contributed by atoms with van der Waals surface area (Å²) < 4.78 is 2.08. The maximum Gasteiger partial charge on any atom is 0.153 e. The normalized spacial score (nSPS) is 13.0. The fourth-order valence-corrected chi connectivity index (χ4v) is 2.45. The van der Waals surface area contributed by atoms with Crippen LogP contribution in [-0.4, -0.2) is 9.78 Å². The van der Waals surface area contributed by atoms with Gasteiger partial charge in [-0.1, -0.05) is 45.2 Å². The van der Waals surface area contributed by atoms with Crippen molar-refractivity contribution in [3.63, 3.8) is 0 Å².